The van der Waals surface area contributed by atoms with Crippen LogP contribution in [0, 0.1) is 0 Å². The third-order valence-electron chi connectivity index (χ3n) is 2.06. The molecule has 0 bridgehead atoms. The van der Waals surface area contributed by atoms with E-state index in [1.54, 1.807) is 12.1 Å². The Balaban J connectivity index is 0.00000361. The topological polar surface area (TPSA) is 59.6 Å². The number of hydrogen-bond acceptors (Lipinski definition) is 2. The molecule has 7 heteroatoms. The molecule has 0 spiro atoms. The number of nitrogens with two attached hydrogens (primary N) is 1. The van der Waals surface area contributed by atoms with Crippen molar-refractivity contribution in [2.24, 2.45) is 10.7 Å². The van der Waals surface area contributed by atoms with Crippen molar-refractivity contribution in [2.75, 3.05) is 0 Å². The first-order valence-corrected chi connectivity index (χ1v) is 5.88. The first kappa shape index (κ1) is 18.9. The molecule has 0 atom stereocenters. The molecule has 4 nitrogen and oxygen atoms in total. The Morgan fingerprint density at radius 3 is 2.60 bits per heavy atom. The van der Waals surface area contributed by atoms with E-state index in [0.717, 1.165) is 5.56 Å². The van der Waals surface area contributed by atoms with Gasteiger partial charge in [-0.25, -0.2) is 4.99 Å². The van der Waals surface area contributed by atoms with E-state index >= 15 is 0 Å². The van der Waals surface area contributed by atoms with E-state index < -0.39 is 6.61 Å². The molecule has 0 aliphatic rings. The van der Waals surface area contributed by atoms with Gasteiger partial charge in [-0.15, -0.1) is 24.0 Å². The van der Waals surface area contributed by atoms with Crippen molar-refractivity contribution in [3.8, 4) is 5.75 Å². The second-order valence-electron chi connectivity index (χ2n) is 5.10. The van der Waals surface area contributed by atoms with Crippen LogP contribution >= 0.6 is 24.0 Å². The number of ether oxygens (including phenoxy) is 1. The van der Waals surface area contributed by atoms with Gasteiger partial charge in [0.15, 0.2) is 5.96 Å². The molecule has 0 saturated carbocycles. The lowest BCUT2D eigenvalue weighted by Crippen LogP contribution is -2.44. The van der Waals surface area contributed by atoms with Crippen molar-refractivity contribution in [2.45, 2.75) is 39.5 Å². The van der Waals surface area contributed by atoms with Crippen LogP contribution in [0.3, 0.4) is 0 Å². The van der Waals surface area contributed by atoms with Crippen LogP contribution in [0.25, 0.3) is 0 Å². The minimum Gasteiger partial charge on any atom is -0.435 e. The monoisotopic (exact) mass is 399 g/mol. The number of alkyl halides is 2. The maximum Gasteiger partial charge on any atom is 0.387 e. The van der Waals surface area contributed by atoms with Crippen LogP contribution in [0.1, 0.15) is 26.3 Å². The number of nitrogens with one attached hydrogen (secondary N) is 1. The number of halogens is 3. The number of hydrogen-bond donors (Lipinski definition) is 2. The Morgan fingerprint density at radius 2 is 2.05 bits per heavy atom. The molecule has 1 aromatic carbocycles. The average Bonchev–Trinajstić information content (AvgIpc) is 2.23. The van der Waals surface area contributed by atoms with Crippen molar-refractivity contribution < 1.29 is 13.5 Å². The smallest absolute Gasteiger partial charge is 0.387 e. The second-order valence-corrected chi connectivity index (χ2v) is 5.10. The molecule has 0 amide bonds. The third-order valence-corrected chi connectivity index (χ3v) is 2.06. The third kappa shape index (κ3) is 8.13. The van der Waals surface area contributed by atoms with Crippen LogP contribution in [0.15, 0.2) is 29.3 Å². The Hall–Kier alpha value is -1.12. The van der Waals surface area contributed by atoms with Gasteiger partial charge in [-0.2, -0.15) is 8.78 Å². The van der Waals surface area contributed by atoms with Gasteiger partial charge >= 0.3 is 6.61 Å². The van der Waals surface area contributed by atoms with Crippen molar-refractivity contribution in [1.82, 2.24) is 5.32 Å². The minimum absolute atomic E-state index is 0. The maximum absolute atomic E-state index is 12.1. The highest BCUT2D eigenvalue weighted by atomic mass is 127. The molecule has 3 N–H and O–H groups in total. The molecule has 0 heterocycles. The molecule has 0 radical (unpaired) electrons. The number of nitrogens with zero attached hydrogens (tertiary/aromatic N) is 1. The summed E-state index contributed by atoms with van der Waals surface area (Å²) in [5.74, 6) is 0.428. The highest BCUT2D eigenvalue weighted by Gasteiger charge is 2.09. The summed E-state index contributed by atoms with van der Waals surface area (Å²) < 4.78 is 28.5. The van der Waals surface area contributed by atoms with Crippen molar-refractivity contribution in [1.29, 1.82) is 0 Å². The zero-order valence-electron chi connectivity index (χ0n) is 11.7. The lowest BCUT2D eigenvalue weighted by Gasteiger charge is -2.21. The minimum atomic E-state index is -2.83. The molecule has 0 fully saturated rings. The molecule has 0 saturated heterocycles. The van der Waals surface area contributed by atoms with Gasteiger partial charge in [0.1, 0.15) is 5.75 Å². The Labute approximate surface area is 134 Å². The van der Waals surface area contributed by atoms with Gasteiger partial charge in [0, 0.05) is 5.54 Å². The molecule has 114 valence electrons. The molecular formula is C13H20F2IN3O. The van der Waals surface area contributed by atoms with E-state index in [0.29, 0.717) is 12.5 Å². The highest BCUT2D eigenvalue weighted by molar-refractivity contribution is 14.0. The van der Waals surface area contributed by atoms with Crippen molar-refractivity contribution in [3.05, 3.63) is 29.8 Å². The summed E-state index contributed by atoms with van der Waals surface area (Å²) in [4.78, 5) is 4.14. The summed E-state index contributed by atoms with van der Waals surface area (Å²) in [6, 6.07) is 6.39. The fraction of sp³-hybridized carbons (Fsp3) is 0.462. The van der Waals surface area contributed by atoms with Crippen LogP contribution in [0.5, 0.6) is 5.75 Å². The van der Waals surface area contributed by atoms with Crippen LogP contribution in [-0.4, -0.2) is 18.1 Å². The predicted octanol–water partition coefficient (Wildman–Crippen LogP) is 3.11. The van der Waals surface area contributed by atoms with Gasteiger partial charge in [0.25, 0.3) is 0 Å². The Kier molecular flexibility index (Phi) is 7.77. The number of benzene rings is 1. The van der Waals surface area contributed by atoms with Crippen molar-refractivity contribution in [3.63, 3.8) is 0 Å². The fourth-order valence-corrected chi connectivity index (χ4v) is 1.42. The van der Waals surface area contributed by atoms with Crippen LogP contribution in [0.2, 0.25) is 0 Å². The van der Waals surface area contributed by atoms with E-state index in [-0.39, 0.29) is 35.3 Å². The van der Waals surface area contributed by atoms with E-state index in [4.69, 9.17) is 5.73 Å². The molecule has 0 aliphatic carbocycles. The standard InChI is InChI=1S/C13H19F2N3O.HI/c1-13(2,3)18-12(16)17-8-9-5-4-6-10(7-9)19-11(14)15;/h4-7,11H,8H2,1-3H3,(H3,16,17,18);1H. The summed E-state index contributed by atoms with van der Waals surface area (Å²) >= 11 is 0. The van der Waals surface area contributed by atoms with Crippen LogP contribution < -0.4 is 15.8 Å². The number of guanidine groups is 1. The van der Waals surface area contributed by atoms with Crippen molar-refractivity contribution >= 4 is 29.9 Å². The van der Waals surface area contributed by atoms with Gasteiger partial charge in [0.05, 0.1) is 6.54 Å². The van der Waals surface area contributed by atoms with Crippen LogP contribution in [-0.2, 0) is 6.54 Å². The quantitative estimate of drug-likeness (QED) is 0.465. The molecule has 0 aromatic heterocycles. The summed E-state index contributed by atoms with van der Waals surface area (Å²) in [7, 11) is 0. The SMILES string of the molecule is CC(C)(C)NC(N)=NCc1cccc(OC(F)F)c1.I. The van der Waals surface area contributed by atoms with Gasteiger partial charge < -0.3 is 15.8 Å². The summed E-state index contributed by atoms with van der Waals surface area (Å²) in [6.07, 6.45) is 0. The first-order valence-electron chi connectivity index (χ1n) is 5.88. The van der Waals surface area contributed by atoms with Gasteiger partial charge in [-0.3, -0.25) is 0 Å². The first-order chi connectivity index (χ1) is 8.76. The predicted molar refractivity (Wildman–Crippen MR) is 86.7 cm³/mol. The number of aliphatic imine (C=N–C) groups is 1. The maximum atomic E-state index is 12.1. The molecule has 0 unspecified atom stereocenters. The summed E-state index contributed by atoms with van der Waals surface area (Å²) in [5.41, 5.74) is 6.29. The van der Waals surface area contributed by atoms with E-state index in [9.17, 15) is 8.78 Å². The van der Waals surface area contributed by atoms with E-state index in [1.165, 1.54) is 12.1 Å². The Bertz CT molecular complexity index is 447. The lowest BCUT2D eigenvalue weighted by atomic mass is 10.1. The summed E-state index contributed by atoms with van der Waals surface area (Å²) in [6.45, 7) is 3.37. The molecule has 1 rings (SSSR count). The molecule has 0 aliphatic heterocycles. The zero-order valence-corrected chi connectivity index (χ0v) is 14.0. The highest BCUT2D eigenvalue weighted by Crippen LogP contribution is 2.16. The fourth-order valence-electron chi connectivity index (χ4n) is 1.42. The molecule has 20 heavy (non-hydrogen) atoms. The summed E-state index contributed by atoms with van der Waals surface area (Å²) in [5, 5.41) is 3.01. The lowest BCUT2D eigenvalue weighted by molar-refractivity contribution is -0.0498. The largest absolute Gasteiger partial charge is 0.435 e. The molecular weight excluding hydrogens is 379 g/mol. The number of rotatable bonds is 4. The van der Waals surface area contributed by atoms with Gasteiger partial charge in [0.2, 0.25) is 0 Å². The van der Waals surface area contributed by atoms with Crippen LogP contribution in [0.4, 0.5) is 8.78 Å². The zero-order chi connectivity index (χ0) is 14.5. The Morgan fingerprint density at radius 1 is 1.40 bits per heavy atom. The van der Waals surface area contributed by atoms with E-state index in [1.807, 2.05) is 20.8 Å². The normalized spacial score (nSPS) is 12.0. The average molecular weight is 399 g/mol. The van der Waals surface area contributed by atoms with Gasteiger partial charge in [-0.1, -0.05) is 12.1 Å². The van der Waals surface area contributed by atoms with Gasteiger partial charge in [-0.05, 0) is 38.5 Å². The van der Waals surface area contributed by atoms with E-state index in [2.05, 4.69) is 15.0 Å². The molecule has 1 aromatic rings. The second kappa shape index (κ2) is 8.23.